The van der Waals surface area contributed by atoms with Crippen LogP contribution in [0.2, 0.25) is 0 Å². The maximum Gasteiger partial charge on any atom is 0.255 e. The van der Waals surface area contributed by atoms with Crippen LogP contribution >= 0.6 is 0 Å². The van der Waals surface area contributed by atoms with Crippen molar-refractivity contribution in [2.24, 2.45) is 7.05 Å². The van der Waals surface area contributed by atoms with Crippen LogP contribution in [-0.2, 0) is 7.05 Å². The van der Waals surface area contributed by atoms with E-state index in [-0.39, 0.29) is 5.56 Å². The predicted octanol–water partition coefficient (Wildman–Crippen LogP) is 2.33. The minimum atomic E-state index is -0.122. The number of para-hydroxylation sites is 1. The van der Waals surface area contributed by atoms with Gasteiger partial charge in [-0.3, -0.25) is 14.3 Å². The number of nitrogens with zero attached hydrogens (tertiary/aromatic N) is 3. The van der Waals surface area contributed by atoms with Crippen LogP contribution in [0.3, 0.4) is 0 Å². The van der Waals surface area contributed by atoms with Gasteiger partial charge in [-0.25, -0.2) is 4.98 Å². The molecule has 0 aliphatic rings. The summed E-state index contributed by atoms with van der Waals surface area (Å²) in [5.74, 6) is 1.32. The Bertz CT molecular complexity index is 848. The molecule has 0 saturated carbocycles. The Labute approximate surface area is 139 Å². The van der Waals surface area contributed by atoms with Crippen LogP contribution in [0.25, 0.3) is 11.3 Å². The van der Waals surface area contributed by atoms with Crippen molar-refractivity contribution < 1.29 is 4.74 Å². The van der Waals surface area contributed by atoms with Crippen LogP contribution in [0.4, 0.5) is 5.95 Å². The molecule has 24 heavy (non-hydrogen) atoms. The van der Waals surface area contributed by atoms with E-state index < -0.39 is 0 Å². The van der Waals surface area contributed by atoms with Crippen molar-refractivity contribution >= 4 is 5.95 Å². The van der Waals surface area contributed by atoms with E-state index in [0.717, 1.165) is 11.3 Å². The molecule has 6 nitrogen and oxygen atoms in total. The number of ether oxygens (including phenoxy) is 1. The average molecular weight is 322 g/mol. The minimum absolute atomic E-state index is 0.122. The van der Waals surface area contributed by atoms with Crippen LogP contribution in [0, 0.1) is 0 Å². The Morgan fingerprint density at radius 1 is 1.12 bits per heavy atom. The molecule has 3 aromatic rings. The molecule has 0 radical (unpaired) electrons. The standard InChI is InChI=1S/C18H18N4O2/c1-22-17(23)13-16(14-7-9-19-10-8-14)21-18(22)20-11-12-24-15-5-3-2-4-6-15/h2-10,13H,11-12H2,1H3,(H,20,21). The summed E-state index contributed by atoms with van der Waals surface area (Å²) in [7, 11) is 1.69. The van der Waals surface area contributed by atoms with Gasteiger partial charge in [0.15, 0.2) is 0 Å². The van der Waals surface area contributed by atoms with E-state index in [9.17, 15) is 4.79 Å². The highest BCUT2D eigenvalue weighted by Gasteiger charge is 2.07. The van der Waals surface area contributed by atoms with E-state index in [2.05, 4.69) is 15.3 Å². The number of rotatable bonds is 6. The molecular formula is C18H18N4O2. The molecule has 0 aliphatic carbocycles. The van der Waals surface area contributed by atoms with Gasteiger partial charge in [0.2, 0.25) is 5.95 Å². The number of nitrogens with one attached hydrogen (secondary N) is 1. The fraction of sp³-hybridized carbons (Fsp3) is 0.167. The van der Waals surface area contributed by atoms with E-state index >= 15 is 0 Å². The summed E-state index contributed by atoms with van der Waals surface area (Å²) in [5, 5.41) is 3.15. The van der Waals surface area contributed by atoms with Gasteiger partial charge in [0.25, 0.3) is 5.56 Å². The molecule has 122 valence electrons. The van der Waals surface area contributed by atoms with Gasteiger partial charge in [-0.15, -0.1) is 0 Å². The van der Waals surface area contributed by atoms with Crippen LogP contribution in [0.15, 0.2) is 65.7 Å². The molecule has 2 aromatic heterocycles. The third-order valence-electron chi connectivity index (χ3n) is 3.51. The van der Waals surface area contributed by atoms with Gasteiger partial charge in [0, 0.05) is 31.1 Å². The second kappa shape index (κ2) is 7.41. The zero-order chi connectivity index (χ0) is 16.8. The number of benzene rings is 1. The van der Waals surface area contributed by atoms with Gasteiger partial charge in [0.05, 0.1) is 12.2 Å². The largest absolute Gasteiger partial charge is 0.492 e. The second-order valence-electron chi connectivity index (χ2n) is 5.19. The normalized spacial score (nSPS) is 10.4. The summed E-state index contributed by atoms with van der Waals surface area (Å²) < 4.78 is 7.11. The van der Waals surface area contributed by atoms with Gasteiger partial charge in [-0.1, -0.05) is 18.2 Å². The number of anilines is 1. The Morgan fingerprint density at radius 3 is 2.62 bits per heavy atom. The fourth-order valence-electron chi connectivity index (χ4n) is 2.22. The topological polar surface area (TPSA) is 69.0 Å². The fourth-order valence-corrected chi connectivity index (χ4v) is 2.22. The molecule has 3 rings (SSSR count). The van der Waals surface area contributed by atoms with Gasteiger partial charge in [-0.2, -0.15) is 0 Å². The molecule has 0 saturated heterocycles. The van der Waals surface area contributed by atoms with E-state index in [1.165, 1.54) is 10.6 Å². The minimum Gasteiger partial charge on any atom is -0.492 e. The monoisotopic (exact) mass is 322 g/mol. The number of hydrogen-bond donors (Lipinski definition) is 1. The summed E-state index contributed by atoms with van der Waals surface area (Å²) in [4.78, 5) is 20.6. The van der Waals surface area contributed by atoms with Crippen molar-refractivity contribution in [2.45, 2.75) is 0 Å². The van der Waals surface area contributed by atoms with Crippen molar-refractivity contribution in [1.29, 1.82) is 0 Å². The lowest BCUT2D eigenvalue weighted by molar-refractivity contribution is 0.332. The summed E-state index contributed by atoms with van der Waals surface area (Å²) in [6.45, 7) is 1.01. The lowest BCUT2D eigenvalue weighted by Gasteiger charge is -2.12. The molecule has 1 N–H and O–H groups in total. The average Bonchev–Trinajstić information content (AvgIpc) is 2.63. The highest BCUT2D eigenvalue weighted by atomic mass is 16.5. The van der Waals surface area contributed by atoms with Crippen LogP contribution in [0.1, 0.15) is 0 Å². The molecule has 0 bridgehead atoms. The first kappa shape index (κ1) is 15.7. The molecular weight excluding hydrogens is 304 g/mol. The third-order valence-corrected chi connectivity index (χ3v) is 3.51. The van der Waals surface area contributed by atoms with E-state index in [4.69, 9.17) is 4.74 Å². The van der Waals surface area contributed by atoms with Crippen molar-refractivity contribution in [3.05, 3.63) is 71.3 Å². The Hall–Kier alpha value is -3.15. The third kappa shape index (κ3) is 3.78. The first-order valence-electron chi connectivity index (χ1n) is 7.64. The summed E-state index contributed by atoms with van der Waals surface area (Å²) in [6.07, 6.45) is 3.35. The van der Waals surface area contributed by atoms with Gasteiger partial charge < -0.3 is 10.1 Å². The Balaban J connectivity index is 1.69. The number of pyridine rings is 1. The van der Waals surface area contributed by atoms with Crippen molar-refractivity contribution in [2.75, 3.05) is 18.5 Å². The molecule has 0 atom stereocenters. The maximum absolute atomic E-state index is 12.1. The van der Waals surface area contributed by atoms with Crippen LogP contribution in [-0.4, -0.2) is 27.7 Å². The van der Waals surface area contributed by atoms with Gasteiger partial charge in [0.1, 0.15) is 12.4 Å². The smallest absolute Gasteiger partial charge is 0.255 e. The number of aromatic nitrogens is 3. The van der Waals surface area contributed by atoms with E-state index in [0.29, 0.717) is 24.8 Å². The zero-order valence-corrected chi connectivity index (χ0v) is 13.3. The molecule has 6 heteroatoms. The summed E-state index contributed by atoms with van der Waals surface area (Å²) in [5.41, 5.74) is 1.35. The van der Waals surface area contributed by atoms with Crippen molar-refractivity contribution in [3.63, 3.8) is 0 Å². The SMILES string of the molecule is Cn1c(NCCOc2ccccc2)nc(-c2ccncc2)cc1=O. The summed E-state index contributed by atoms with van der Waals surface area (Å²) >= 11 is 0. The van der Waals surface area contributed by atoms with Crippen molar-refractivity contribution in [3.8, 4) is 17.0 Å². The highest BCUT2D eigenvalue weighted by Crippen LogP contribution is 2.15. The summed E-state index contributed by atoms with van der Waals surface area (Å²) in [6, 6.07) is 14.7. The predicted molar refractivity (Wildman–Crippen MR) is 93.1 cm³/mol. The van der Waals surface area contributed by atoms with Crippen LogP contribution in [0.5, 0.6) is 5.75 Å². The molecule has 1 aromatic carbocycles. The van der Waals surface area contributed by atoms with E-state index in [1.54, 1.807) is 19.4 Å². The lowest BCUT2D eigenvalue weighted by atomic mass is 10.2. The highest BCUT2D eigenvalue weighted by molar-refractivity contribution is 5.59. The number of hydrogen-bond acceptors (Lipinski definition) is 5. The Morgan fingerprint density at radius 2 is 1.88 bits per heavy atom. The quantitative estimate of drug-likeness (QED) is 0.706. The molecule has 0 amide bonds. The lowest BCUT2D eigenvalue weighted by Crippen LogP contribution is -2.23. The van der Waals surface area contributed by atoms with Crippen LogP contribution < -0.4 is 15.6 Å². The van der Waals surface area contributed by atoms with Gasteiger partial charge in [-0.05, 0) is 24.3 Å². The zero-order valence-electron chi connectivity index (χ0n) is 13.3. The van der Waals surface area contributed by atoms with Crippen molar-refractivity contribution in [1.82, 2.24) is 14.5 Å². The molecule has 0 fully saturated rings. The maximum atomic E-state index is 12.1. The molecule has 2 heterocycles. The second-order valence-corrected chi connectivity index (χ2v) is 5.19. The van der Waals surface area contributed by atoms with E-state index in [1.807, 2.05) is 42.5 Å². The molecule has 0 aliphatic heterocycles. The molecule has 0 unspecified atom stereocenters. The first-order valence-corrected chi connectivity index (χ1v) is 7.64. The van der Waals surface area contributed by atoms with Gasteiger partial charge >= 0.3 is 0 Å². The Kier molecular flexibility index (Phi) is 4.86. The molecule has 0 spiro atoms. The first-order chi connectivity index (χ1) is 11.7.